The number of nitrogens with two attached hydrogens (primary N) is 1. The lowest BCUT2D eigenvalue weighted by atomic mass is 10.1. The van der Waals surface area contributed by atoms with Crippen LogP contribution in [0.5, 0.6) is 5.75 Å². The molecule has 1 aromatic rings. The van der Waals surface area contributed by atoms with Crippen LogP contribution in [0.25, 0.3) is 0 Å². The molecular weight excluding hydrogens is 206 g/mol. The summed E-state index contributed by atoms with van der Waals surface area (Å²) in [7, 11) is 0. The van der Waals surface area contributed by atoms with Gasteiger partial charge in [-0.1, -0.05) is 6.07 Å². The van der Waals surface area contributed by atoms with Crippen LogP contribution in [0.15, 0.2) is 18.2 Å². The number of ether oxygens (including phenoxy) is 1. The van der Waals surface area contributed by atoms with Crippen molar-refractivity contribution >= 4 is 0 Å². The van der Waals surface area contributed by atoms with Crippen molar-refractivity contribution in [2.45, 2.75) is 25.0 Å². The molecule has 1 aromatic carbocycles. The van der Waals surface area contributed by atoms with Gasteiger partial charge in [-0.3, -0.25) is 0 Å². The summed E-state index contributed by atoms with van der Waals surface area (Å²) in [5.74, 6) is 0.723. The first-order chi connectivity index (χ1) is 7.70. The smallest absolute Gasteiger partial charge is 0.119 e. The number of fused-ring (bicyclic) bond motifs is 1. The summed E-state index contributed by atoms with van der Waals surface area (Å²) in [4.78, 5) is 0. The van der Waals surface area contributed by atoms with Gasteiger partial charge in [0.05, 0.1) is 6.61 Å². The van der Waals surface area contributed by atoms with E-state index in [2.05, 4.69) is 0 Å². The highest BCUT2D eigenvalue weighted by Crippen LogP contribution is 2.31. The molecule has 1 aliphatic rings. The molecule has 2 rings (SSSR count). The molecule has 4 heteroatoms. The summed E-state index contributed by atoms with van der Waals surface area (Å²) in [6, 6.07) is 5.95. The zero-order valence-corrected chi connectivity index (χ0v) is 9.10. The molecule has 0 saturated carbocycles. The molecule has 0 saturated heterocycles. The van der Waals surface area contributed by atoms with E-state index in [0.717, 1.165) is 18.6 Å². The minimum absolute atomic E-state index is 0.112. The minimum Gasteiger partial charge on any atom is -0.491 e. The summed E-state index contributed by atoms with van der Waals surface area (Å²) >= 11 is 0. The maximum atomic E-state index is 9.16. The Bertz CT molecular complexity index is 367. The van der Waals surface area contributed by atoms with E-state index in [-0.39, 0.29) is 19.3 Å². The number of hydrogen-bond acceptors (Lipinski definition) is 4. The summed E-state index contributed by atoms with van der Waals surface area (Å²) in [5, 5.41) is 17.8. The van der Waals surface area contributed by atoms with Crippen molar-refractivity contribution < 1.29 is 14.9 Å². The second-order valence-electron chi connectivity index (χ2n) is 4.15. The van der Waals surface area contributed by atoms with E-state index >= 15 is 0 Å². The lowest BCUT2D eigenvalue weighted by Gasteiger charge is -2.11. The van der Waals surface area contributed by atoms with Crippen molar-refractivity contribution in [1.82, 2.24) is 0 Å². The number of aliphatic hydroxyl groups excluding tert-OH is 2. The lowest BCUT2D eigenvalue weighted by molar-refractivity contribution is 0.0536. The van der Waals surface area contributed by atoms with Crippen LogP contribution in [0, 0.1) is 0 Å². The van der Waals surface area contributed by atoms with Crippen LogP contribution in [0.1, 0.15) is 23.6 Å². The van der Waals surface area contributed by atoms with Gasteiger partial charge >= 0.3 is 0 Å². The maximum Gasteiger partial charge on any atom is 0.119 e. The van der Waals surface area contributed by atoms with Crippen molar-refractivity contribution in [3.05, 3.63) is 29.3 Å². The number of benzene rings is 1. The molecule has 0 bridgehead atoms. The van der Waals surface area contributed by atoms with E-state index in [9.17, 15) is 0 Å². The molecule has 0 spiro atoms. The number of aryl methyl sites for hydroxylation is 1. The highest BCUT2D eigenvalue weighted by molar-refractivity contribution is 5.40. The van der Waals surface area contributed by atoms with Gasteiger partial charge in [-0.2, -0.15) is 0 Å². The zero-order chi connectivity index (χ0) is 11.5. The first-order valence-corrected chi connectivity index (χ1v) is 5.51. The van der Waals surface area contributed by atoms with Gasteiger partial charge in [0.25, 0.3) is 0 Å². The number of hydrogen-bond donors (Lipinski definition) is 3. The van der Waals surface area contributed by atoms with Gasteiger partial charge < -0.3 is 20.7 Å². The predicted molar refractivity (Wildman–Crippen MR) is 60.3 cm³/mol. The lowest BCUT2D eigenvalue weighted by Crippen LogP contribution is -2.21. The van der Waals surface area contributed by atoms with Gasteiger partial charge in [-0.05, 0) is 36.1 Å². The largest absolute Gasteiger partial charge is 0.491 e. The molecule has 0 radical (unpaired) electrons. The second-order valence-corrected chi connectivity index (χ2v) is 4.15. The van der Waals surface area contributed by atoms with Crippen LogP contribution >= 0.6 is 0 Å². The SMILES string of the molecule is N[C@H]1CCc2cc(OCC(O)CO)ccc21. The topological polar surface area (TPSA) is 75.7 Å². The van der Waals surface area contributed by atoms with Gasteiger partial charge in [0.1, 0.15) is 18.5 Å². The second kappa shape index (κ2) is 4.82. The summed E-state index contributed by atoms with van der Waals surface area (Å²) in [5.41, 5.74) is 8.34. The third kappa shape index (κ3) is 2.35. The molecule has 0 aromatic heterocycles. The van der Waals surface area contributed by atoms with Gasteiger partial charge in [0.15, 0.2) is 0 Å². The van der Waals surface area contributed by atoms with Crippen LogP contribution < -0.4 is 10.5 Å². The van der Waals surface area contributed by atoms with E-state index in [0.29, 0.717) is 0 Å². The van der Waals surface area contributed by atoms with Crippen molar-refractivity contribution in [3.8, 4) is 5.75 Å². The van der Waals surface area contributed by atoms with Gasteiger partial charge in [0, 0.05) is 6.04 Å². The third-order valence-electron chi connectivity index (χ3n) is 2.89. The normalized spacial score (nSPS) is 20.6. The Morgan fingerprint density at radius 1 is 1.50 bits per heavy atom. The Balaban J connectivity index is 2.02. The van der Waals surface area contributed by atoms with E-state index in [1.165, 1.54) is 11.1 Å². The molecule has 1 aliphatic carbocycles. The van der Waals surface area contributed by atoms with E-state index in [4.69, 9.17) is 20.7 Å². The first-order valence-electron chi connectivity index (χ1n) is 5.51. The highest BCUT2D eigenvalue weighted by atomic mass is 16.5. The Labute approximate surface area is 94.7 Å². The van der Waals surface area contributed by atoms with E-state index in [1.807, 2.05) is 18.2 Å². The summed E-state index contributed by atoms with van der Waals surface area (Å²) < 4.78 is 5.37. The van der Waals surface area contributed by atoms with Crippen LogP contribution in [0.3, 0.4) is 0 Å². The fourth-order valence-corrected chi connectivity index (χ4v) is 1.96. The first kappa shape index (κ1) is 11.4. The third-order valence-corrected chi connectivity index (χ3v) is 2.89. The average molecular weight is 223 g/mol. The molecular formula is C12H17NO3. The zero-order valence-electron chi connectivity index (χ0n) is 9.10. The molecule has 2 atom stereocenters. The molecule has 4 nitrogen and oxygen atoms in total. The molecule has 88 valence electrons. The summed E-state index contributed by atoms with van der Waals surface area (Å²) in [6.07, 6.45) is 1.14. The van der Waals surface area contributed by atoms with Crippen LogP contribution in [0.4, 0.5) is 0 Å². The quantitative estimate of drug-likeness (QED) is 0.689. The van der Waals surface area contributed by atoms with Crippen molar-refractivity contribution in [2.24, 2.45) is 5.73 Å². The molecule has 1 unspecified atom stereocenters. The highest BCUT2D eigenvalue weighted by Gasteiger charge is 2.19. The van der Waals surface area contributed by atoms with Crippen molar-refractivity contribution in [3.63, 3.8) is 0 Å². The van der Waals surface area contributed by atoms with Crippen molar-refractivity contribution in [2.75, 3.05) is 13.2 Å². The maximum absolute atomic E-state index is 9.16. The molecule has 4 N–H and O–H groups in total. The molecule has 0 fully saturated rings. The Hall–Kier alpha value is -1.10. The Kier molecular flexibility index (Phi) is 3.43. The van der Waals surface area contributed by atoms with Gasteiger partial charge in [0.2, 0.25) is 0 Å². The van der Waals surface area contributed by atoms with Gasteiger partial charge in [-0.25, -0.2) is 0 Å². The van der Waals surface area contributed by atoms with Gasteiger partial charge in [-0.15, -0.1) is 0 Å². The van der Waals surface area contributed by atoms with Crippen molar-refractivity contribution in [1.29, 1.82) is 0 Å². The molecule has 16 heavy (non-hydrogen) atoms. The monoisotopic (exact) mass is 223 g/mol. The predicted octanol–water partition coefficient (Wildman–Crippen LogP) is 0.365. The Morgan fingerprint density at radius 3 is 3.06 bits per heavy atom. The molecule has 0 heterocycles. The Morgan fingerprint density at radius 2 is 2.31 bits per heavy atom. The van der Waals surface area contributed by atoms with Crippen LogP contribution in [-0.2, 0) is 6.42 Å². The fraction of sp³-hybridized carbons (Fsp3) is 0.500. The number of rotatable bonds is 4. The fourth-order valence-electron chi connectivity index (χ4n) is 1.96. The average Bonchev–Trinajstić information content (AvgIpc) is 2.67. The van der Waals surface area contributed by atoms with Crippen LogP contribution in [0.2, 0.25) is 0 Å². The number of aliphatic hydroxyl groups is 2. The molecule has 0 amide bonds. The molecule has 0 aliphatic heterocycles. The van der Waals surface area contributed by atoms with E-state index in [1.54, 1.807) is 0 Å². The standard InChI is InChI=1S/C12H17NO3/c13-12-4-1-8-5-10(2-3-11(8)12)16-7-9(15)6-14/h2-3,5,9,12,14-15H,1,4,6-7,13H2/t9?,12-/m0/s1. The van der Waals surface area contributed by atoms with E-state index < -0.39 is 6.10 Å². The van der Waals surface area contributed by atoms with Crippen LogP contribution in [-0.4, -0.2) is 29.5 Å². The minimum atomic E-state index is -0.824. The summed E-state index contributed by atoms with van der Waals surface area (Å²) in [6.45, 7) is -0.169.